The fraction of sp³-hybridized carbons (Fsp3) is 0.706. The smallest absolute Gasteiger partial charge is 0.222 e. The minimum absolute atomic E-state index is 0.340. The maximum absolute atomic E-state index is 11.9. The van der Waals surface area contributed by atoms with Crippen molar-refractivity contribution in [2.24, 2.45) is 5.92 Å². The minimum atomic E-state index is 0.340. The first kappa shape index (κ1) is 14.9. The van der Waals surface area contributed by atoms with Crippen molar-refractivity contribution in [2.75, 3.05) is 37.6 Å². The lowest BCUT2D eigenvalue weighted by Gasteiger charge is -2.36. The standard InChI is InChI=1S/C17H25N5O/c23-16-4-2-7-21(16)10-13-3-1-8-22(11-13)17-14-5-6-18-9-15(14)19-12-20-17/h12-13,18H,1-11H2. The Morgan fingerprint density at radius 2 is 2.17 bits per heavy atom. The van der Waals surface area contributed by atoms with Gasteiger partial charge in [0.05, 0.1) is 5.69 Å². The van der Waals surface area contributed by atoms with Crippen molar-refractivity contribution in [2.45, 2.75) is 38.6 Å². The number of rotatable bonds is 3. The monoisotopic (exact) mass is 315 g/mol. The highest BCUT2D eigenvalue weighted by atomic mass is 16.2. The number of hydrogen-bond acceptors (Lipinski definition) is 5. The summed E-state index contributed by atoms with van der Waals surface area (Å²) in [7, 11) is 0. The molecule has 1 amide bonds. The summed E-state index contributed by atoms with van der Waals surface area (Å²) in [5.74, 6) is 2.04. The van der Waals surface area contributed by atoms with Crippen LogP contribution in [0.5, 0.6) is 0 Å². The zero-order valence-electron chi connectivity index (χ0n) is 13.6. The number of amides is 1. The average molecular weight is 315 g/mol. The lowest BCUT2D eigenvalue weighted by Crippen LogP contribution is -2.42. The molecule has 1 aromatic heterocycles. The summed E-state index contributed by atoms with van der Waals surface area (Å²) in [5.41, 5.74) is 2.47. The SMILES string of the molecule is O=C1CCCN1CC1CCCN(c2ncnc3c2CCNC3)C1. The minimum Gasteiger partial charge on any atom is -0.356 e. The summed E-state index contributed by atoms with van der Waals surface area (Å²) < 4.78 is 0. The van der Waals surface area contributed by atoms with E-state index in [1.165, 1.54) is 18.4 Å². The Balaban J connectivity index is 1.48. The van der Waals surface area contributed by atoms with Crippen LogP contribution in [0.15, 0.2) is 6.33 Å². The molecular formula is C17H25N5O. The summed E-state index contributed by atoms with van der Waals surface area (Å²) in [6, 6.07) is 0. The molecule has 1 unspecified atom stereocenters. The number of carbonyl (C=O) groups excluding carboxylic acids is 1. The van der Waals surface area contributed by atoms with Crippen LogP contribution in [0.4, 0.5) is 5.82 Å². The third-order valence-electron chi connectivity index (χ3n) is 5.32. The van der Waals surface area contributed by atoms with E-state index in [0.29, 0.717) is 11.8 Å². The van der Waals surface area contributed by atoms with Crippen molar-refractivity contribution in [3.63, 3.8) is 0 Å². The molecular weight excluding hydrogens is 290 g/mol. The molecule has 0 radical (unpaired) electrons. The summed E-state index contributed by atoms with van der Waals surface area (Å²) in [4.78, 5) is 25.4. The number of likely N-dealkylation sites (tertiary alicyclic amines) is 1. The molecule has 4 heterocycles. The Morgan fingerprint density at radius 1 is 1.22 bits per heavy atom. The summed E-state index contributed by atoms with van der Waals surface area (Å²) in [6.45, 7) is 5.81. The van der Waals surface area contributed by atoms with Gasteiger partial charge in [-0.1, -0.05) is 0 Å². The van der Waals surface area contributed by atoms with Crippen LogP contribution in [0.2, 0.25) is 0 Å². The predicted molar refractivity (Wildman–Crippen MR) is 88.2 cm³/mol. The second-order valence-electron chi connectivity index (χ2n) is 6.95. The third-order valence-corrected chi connectivity index (χ3v) is 5.32. The van der Waals surface area contributed by atoms with E-state index in [4.69, 9.17) is 0 Å². The van der Waals surface area contributed by atoms with E-state index in [-0.39, 0.29) is 0 Å². The quantitative estimate of drug-likeness (QED) is 0.900. The van der Waals surface area contributed by atoms with Crippen molar-refractivity contribution in [1.82, 2.24) is 20.2 Å². The molecule has 0 saturated carbocycles. The second kappa shape index (κ2) is 6.43. The summed E-state index contributed by atoms with van der Waals surface area (Å²) in [5, 5.41) is 3.38. The number of hydrogen-bond donors (Lipinski definition) is 1. The van der Waals surface area contributed by atoms with Crippen LogP contribution in [0.3, 0.4) is 0 Å². The van der Waals surface area contributed by atoms with Gasteiger partial charge in [0.25, 0.3) is 0 Å². The first-order valence-electron chi connectivity index (χ1n) is 8.87. The number of anilines is 1. The predicted octanol–water partition coefficient (Wildman–Crippen LogP) is 0.961. The van der Waals surface area contributed by atoms with Crippen molar-refractivity contribution in [3.05, 3.63) is 17.6 Å². The van der Waals surface area contributed by atoms with Crippen molar-refractivity contribution >= 4 is 11.7 Å². The number of nitrogens with zero attached hydrogens (tertiary/aromatic N) is 4. The molecule has 124 valence electrons. The van der Waals surface area contributed by atoms with E-state index in [1.54, 1.807) is 6.33 Å². The summed E-state index contributed by atoms with van der Waals surface area (Å²) >= 11 is 0. The van der Waals surface area contributed by atoms with Crippen LogP contribution in [-0.4, -0.2) is 53.5 Å². The molecule has 1 aromatic rings. The van der Waals surface area contributed by atoms with Gasteiger partial charge in [0, 0.05) is 44.7 Å². The molecule has 4 rings (SSSR count). The van der Waals surface area contributed by atoms with Gasteiger partial charge in [-0.05, 0) is 38.1 Å². The van der Waals surface area contributed by atoms with Gasteiger partial charge in [-0.15, -0.1) is 0 Å². The fourth-order valence-electron chi connectivity index (χ4n) is 4.15. The number of aromatic nitrogens is 2. The van der Waals surface area contributed by atoms with Crippen LogP contribution >= 0.6 is 0 Å². The van der Waals surface area contributed by atoms with Crippen LogP contribution < -0.4 is 10.2 Å². The first-order chi connectivity index (χ1) is 11.3. The molecule has 3 aliphatic rings. The molecule has 3 aliphatic heterocycles. The maximum atomic E-state index is 11.9. The van der Waals surface area contributed by atoms with Gasteiger partial charge in [0.2, 0.25) is 5.91 Å². The van der Waals surface area contributed by atoms with Gasteiger partial charge >= 0.3 is 0 Å². The number of fused-ring (bicyclic) bond motifs is 1. The lowest BCUT2D eigenvalue weighted by molar-refractivity contribution is -0.128. The van der Waals surface area contributed by atoms with Gasteiger partial charge in [-0.3, -0.25) is 4.79 Å². The van der Waals surface area contributed by atoms with Gasteiger partial charge < -0.3 is 15.1 Å². The van der Waals surface area contributed by atoms with E-state index in [9.17, 15) is 4.79 Å². The van der Waals surface area contributed by atoms with Crippen LogP contribution in [0.25, 0.3) is 0 Å². The van der Waals surface area contributed by atoms with Crippen molar-refractivity contribution in [3.8, 4) is 0 Å². The average Bonchev–Trinajstić information content (AvgIpc) is 2.99. The van der Waals surface area contributed by atoms with Gasteiger partial charge in [-0.2, -0.15) is 0 Å². The zero-order chi connectivity index (χ0) is 15.6. The molecule has 0 bridgehead atoms. The Bertz CT molecular complexity index is 590. The number of piperidine rings is 1. The van der Waals surface area contributed by atoms with Crippen molar-refractivity contribution < 1.29 is 4.79 Å². The molecule has 23 heavy (non-hydrogen) atoms. The normalized spacial score (nSPS) is 24.9. The summed E-state index contributed by atoms with van der Waals surface area (Å²) in [6.07, 6.45) is 6.88. The van der Waals surface area contributed by atoms with E-state index in [2.05, 4.69) is 25.1 Å². The Labute approximate surface area is 137 Å². The molecule has 0 aliphatic carbocycles. The van der Waals surface area contributed by atoms with Crippen LogP contribution in [-0.2, 0) is 17.8 Å². The molecule has 6 nitrogen and oxygen atoms in total. The second-order valence-corrected chi connectivity index (χ2v) is 6.95. The Hall–Kier alpha value is -1.69. The zero-order valence-corrected chi connectivity index (χ0v) is 13.6. The highest BCUT2D eigenvalue weighted by molar-refractivity contribution is 5.78. The highest BCUT2D eigenvalue weighted by Crippen LogP contribution is 2.28. The fourth-order valence-corrected chi connectivity index (χ4v) is 4.15. The number of nitrogens with one attached hydrogen (secondary N) is 1. The largest absolute Gasteiger partial charge is 0.356 e. The van der Waals surface area contributed by atoms with Crippen LogP contribution in [0.1, 0.15) is 36.9 Å². The lowest BCUT2D eigenvalue weighted by atomic mass is 9.96. The molecule has 2 saturated heterocycles. The van der Waals surface area contributed by atoms with E-state index >= 15 is 0 Å². The van der Waals surface area contributed by atoms with E-state index in [0.717, 1.165) is 70.0 Å². The van der Waals surface area contributed by atoms with Gasteiger partial charge in [0.1, 0.15) is 12.1 Å². The Morgan fingerprint density at radius 3 is 3.04 bits per heavy atom. The molecule has 6 heteroatoms. The Kier molecular flexibility index (Phi) is 4.16. The van der Waals surface area contributed by atoms with Gasteiger partial charge in [-0.25, -0.2) is 9.97 Å². The van der Waals surface area contributed by atoms with E-state index in [1.807, 2.05) is 0 Å². The van der Waals surface area contributed by atoms with Gasteiger partial charge in [0.15, 0.2) is 0 Å². The molecule has 2 fully saturated rings. The number of carbonyl (C=O) groups is 1. The molecule has 0 aromatic carbocycles. The third kappa shape index (κ3) is 3.04. The molecule has 1 N–H and O–H groups in total. The molecule has 0 spiro atoms. The first-order valence-corrected chi connectivity index (χ1v) is 8.87. The van der Waals surface area contributed by atoms with Crippen LogP contribution in [0, 0.1) is 5.92 Å². The maximum Gasteiger partial charge on any atom is 0.222 e. The van der Waals surface area contributed by atoms with Crippen molar-refractivity contribution in [1.29, 1.82) is 0 Å². The topological polar surface area (TPSA) is 61.4 Å². The molecule has 1 atom stereocenters. The van der Waals surface area contributed by atoms with E-state index < -0.39 is 0 Å². The highest BCUT2D eigenvalue weighted by Gasteiger charge is 2.28.